The number of fused-ring (bicyclic) bond motifs is 1. The van der Waals surface area contributed by atoms with Crippen LogP contribution in [0.15, 0.2) is 66.7 Å². The number of carbonyl (C=O) groups is 2. The molecule has 0 spiro atoms. The van der Waals surface area contributed by atoms with Gasteiger partial charge in [-0.1, -0.05) is 18.2 Å². The number of carbonyl (C=O) groups excluding carboxylic acids is 2. The van der Waals surface area contributed by atoms with Crippen molar-refractivity contribution in [3.8, 4) is 5.75 Å². The van der Waals surface area contributed by atoms with E-state index in [0.717, 1.165) is 22.1 Å². The number of ether oxygens (including phenoxy) is 3. The fourth-order valence-electron chi connectivity index (χ4n) is 4.28. The predicted molar refractivity (Wildman–Crippen MR) is 132 cm³/mol. The van der Waals surface area contributed by atoms with Gasteiger partial charge in [0.15, 0.2) is 6.61 Å². The van der Waals surface area contributed by atoms with Gasteiger partial charge in [-0.2, -0.15) is 0 Å². The van der Waals surface area contributed by atoms with Gasteiger partial charge in [-0.25, -0.2) is 23.3 Å². The maximum atomic E-state index is 13.9. The molecule has 3 aromatic rings. The van der Waals surface area contributed by atoms with E-state index in [1.54, 1.807) is 19.1 Å². The third kappa shape index (κ3) is 6.42. The molecule has 0 fully saturated rings. The van der Waals surface area contributed by atoms with Crippen LogP contribution < -0.4 is 9.64 Å². The van der Waals surface area contributed by atoms with Crippen LogP contribution in [0.3, 0.4) is 0 Å². The first kappa shape index (κ1) is 26.1. The standard InChI is InChI=1S/C28H27F2NO6/c1-2-35-26(32)17-36-25-8-3-5-19-16-28(34,14-13-24(19)25)18-37-27(33)31(22-11-9-20(29)10-12-22)23-7-4-6-21(30)15-23/h3-12,15,34H,2,13-14,16-18H2,1H3/t28-/m1/s1. The Hall–Kier alpha value is -3.98. The molecule has 1 atom stereocenters. The predicted octanol–water partition coefficient (Wildman–Crippen LogP) is 5.10. The molecule has 1 aliphatic carbocycles. The summed E-state index contributed by atoms with van der Waals surface area (Å²) in [4.78, 5) is 25.9. The summed E-state index contributed by atoms with van der Waals surface area (Å²) in [5.74, 6) is -0.973. The summed E-state index contributed by atoms with van der Waals surface area (Å²) in [6.45, 7) is 1.45. The number of halogens is 2. The molecule has 194 valence electrons. The lowest BCUT2D eigenvalue weighted by Gasteiger charge is -2.34. The number of amides is 1. The fourth-order valence-corrected chi connectivity index (χ4v) is 4.28. The van der Waals surface area contributed by atoms with Crippen LogP contribution >= 0.6 is 0 Å². The third-order valence-electron chi connectivity index (χ3n) is 6.04. The number of rotatable bonds is 8. The number of nitrogens with zero attached hydrogens (tertiary/aromatic N) is 1. The molecule has 0 aromatic heterocycles. The maximum absolute atomic E-state index is 13.9. The number of hydrogen-bond donors (Lipinski definition) is 1. The minimum Gasteiger partial charge on any atom is -0.482 e. The van der Waals surface area contributed by atoms with Gasteiger partial charge in [0.2, 0.25) is 0 Å². The minimum absolute atomic E-state index is 0.195. The van der Waals surface area contributed by atoms with Crippen molar-refractivity contribution >= 4 is 23.4 Å². The van der Waals surface area contributed by atoms with Gasteiger partial charge < -0.3 is 19.3 Å². The highest BCUT2D eigenvalue weighted by Crippen LogP contribution is 2.35. The van der Waals surface area contributed by atoms with Crippen LogP contribution in [0.4, 0.5) is 25.0 Å². The van der Waals surface area contributed by atoms with Crippen LogP contribution in [0.2, 0.25) is 0 Å². The second-order valence-electron chi connectivity index (χ2n) is 8.73. The summed E-state index contributed by atoms with van der Waals surface area (Å²) in [6, 6.07) is 15.9. The third-order valence-corrected chi connectivity index (χ3v) is 6.04. The Morgan fingerprint density at radius 1 is 0.973 bits per heavy atom. The zero-order valence-electron chi connectivity index (χ0n) is 20.3. The van der Waals surface area contributed by atoms with Gasteiger partial charge in [0, 0.05) is 6.42 Å². The van der Waals surface area contributed by atoms with E-state index >= 15 is 0 Å². The number of anilines is 2. The minimum atomic E-state index is -1.35. The van der Waals surface area contributed by atoms with Crippen molar-refractivity contribution in [2.75, 3.05) is 24.7 Å². The Balaban J connectivity index is 1.47. The molecule has 1 aliphatic rings. The summed E-state index contributed by atoms with van der Waals surface area (Å²) in [7, 11) is 0. The lowest BCUT2D eigenvalue weighted by Crippen LogP contribution is -2.42. The van der Waals surface area contributed by atoms with Crippen molar-refractivity contribution in [3.63, 3.8) is 0 Å². The Morgan fingerprint density at radius 2 is 1.73 bits per heavy atom. The van der Waals surface area contributed by atoms with Crippen molar-refractivity contribution < 1.29 is 37.7 Å². The van der Waals surface area contributed by atoms with Crippen LogP contribution in [0.5, 0.6) is 5.75 Å². The molecule has 7 nitrogen and oxygen atoms in total. The van der Waals surface area contributed by atoms with Crippen molar-refractivity contribution in [2.45, 2.75) is 31.8 Å². The molecule has 0 unspecified atom stereocenters. The van der Waals surface area contributed by atoms with Crippen molar-refractivity contribution in [1.82, 2.24) is 0 Å². The number of aliphatic hydroxyl groups is 1. The van der Waals surface area contributed by atoms with Gasteiger partial charge in [0.05, 0.1) is 18.0 Å². The van der Waals surface area contributed by atoms with Crippen molar-refractivity contribution in [1.29, 1.82) is 0 Å². The highest BCUT2D eigenvalue weighted by atomic mass is 19.1. The molecule has 1 amide bonds. The topological polar surface area (TPSA) is 85.3 Å². The average molecular weight is 512 g/mol. The first-order chi connectivity index (χ1) is 17.8. The second kappa shape index (κ2) is 11.4. The molecule has 0 bridgehead atoms. The molecule has 9 heteroatoms. The monoisotopic (exact) mass is 511 g/mol. The van der Waals surface area contributed by atoms with E-state index < -0.39 is 29.3 Å². The first-order valence-corrected chi connectivity index (χ1v) is 11.9. The van der Waals surface area contributed by atoms with E-state index in [1.165, 1.54) is 42.5 Å². The lowest BCUT2D eigenvalue weighted by atomic mass is 9.80. The zero-order chi connectivity index (χ0) is 26.4. The smallest absolute Gasteiger partial charge is 0.419 e. The van der Waals surface area contributed by atoms with Crippen LogP contribution in [0.25, 0.3) is 0 Å². The van der Waals surface area contributed by atoms with Gasteiger partial charge >= 0.3 is 12.1 Å². The molecule has 0 heterocycles. The molecular weight excluding hydrogens is 484 g/mol. The molecule has 0 aliphatic heterocycles. The van der Waals surface area contributed by atoms with Crippen LogP contribution in [-0.2, 0) is 27.1 Å². The average Bonchev–Trinajstić information content (AvgIpc) is 2.88. The number of hydrogen-bond acceptors (Lipinski definition) is 6. The van der Waals surface area contributed by atoms with E-state index in [-0.39, 0.29) is 44.0 Å². The molecule has 0 saturated carbocycles. The highest BCUT2D eigenvalue weighted by molar-refractivity contribution is 5.96. The Kier molecular flexibility index (Phi) is 8.03. The van der Waals surface area contributed by atoms with Gasteiger partial charge in [0.25, 0.3) is 0 Å². The summed E-state index contributed by atoms with van der Waals surface area (Å²) < 4.78 is 43.4. The van der Waals surface area contributed by atoms with E-state index in [1.807, 2.05) is 6.07 Å². The molecule has 37 heavy (non-hydrogen) atoms. The first-order valence-electron chi connectivity index (χ1n) is 11.9. The lowest BCUT2D eigenvalue weighted by molar-refractivity contribution is -0.145. The second-order valence-corrected chi connectivity index (χ2v) is 8.73. The number of benzene rings is 3. The Morgan fingerprint density at radius 3 is 2.46 bits per heavy atom. The van der Waals surface area contributed by atoms with Crippen molar-refractivity contribution in [3.05, 3.63) is 89.5 Å². The summed E-state index contributed by atoms with van der Waals surface area (Å²) in [6.07, 6.45) is 0.0724. The summed E-state index contributed by atoms with van der Waals surface area (Å²) in [5.41, 5.74) is 0.809. The van der Waals surface area contributed by atoms with Gasteiger partial charge in [-0.05, 0) is 79.4 Å². The van der Waals surface area contributed by atoms with Crippen LogP contribution in [0.1, 0.15) is 24.5 Å². The molecule has 0 radical (unpaired) electrons. The van der Waals surface area contributed by atoms with E-state index in [9.17, 15) is 23.5 Å². The van der Waals surface area contributed by atoms with Gasteiger partial charge in [-0.3, -0.25) is 0 Å². The summed E-state index contributed by atoms with van der Waals surface area (Å²) in [5, 5.41) is 11.2. The van der Waals surface area contributed by atoms with Crippen molar-refractivity contribution in [2.24, 2.45) is 0 Å². The van der Waals surface area contributed by atoms with E-state index in [4.69, 9.17) is 14.2 Å². The fraction of sp³-hybridized carbons (Fsp3) is 0.286. The van der Waals surface area contributed by atoms with Gasteiger partial charge in [0.1, 0.15) is 29.6 Å². The molecule has 0 saturated heterocycles. The zero-order valence-corrected chi connectivity index (χ0v) is 20.3. The maximum Gasteiger partial charge on any atom is 0.419 e. The van der Waals surface area contributed by atoms with Crippen LogP contribution in [0, 0.1) is 11.6 Å². The molecule has 3 aromatic carbocycles. The normalized spacial score (nSPS) is 16.4. The highest BCUT2D eigenvalue weighted by Gasteiger charge is 2.36. The SMILES string of the molecule is CCOC(=O)COc1cccc2c1CC[C@](O)(COC(=O)N(c1ccc(F)cc1)c1cccc(F)c1)C2. The van der Waals surface area contributed by atoms with Gasteiger partial charge in [-0.15, -0.1) is 0 Å². The summed E-state index contributed by atoms with van der Waals surface area (Å²) >= 11 is 0. The quantitative estimate of drug-likeness (QED) is 0.424. The Bertz CT molecular complexity index is 1270. The van der Waals surface area contributed by atoms with Crippen LogP contribution in [-0.4, -0.2) is 42.6 Å². The largest absolute Gasteiger partial charge is 0.482 e. The molecular formula is C28H27F2NO6. The number of esters is 1. The molecule has 4 rings (SSSR count). The van der Waals surface area contributed by atoms with E-state index in [0.29, 0.717) is 12.2 Å². The van der Waals surface area contributed by atoms with E-state index in [2.05, 4.69) is 0 Å². The molecule has 1 N–H and O–H groups in total. The Labute approximate surface area is 213 Å².